The molecule has 0 aliphatic carbocycles. The van der Waals surface area contributed by atoms with E-state index in [4.69, 9.17) is 0 Å². The molecule has 2 nitrogen and oxygen atoms in total. The Kier molecular flexibility index (Phi) is 5.46. The molecular weight excluding hydrogens is 371 g/mol. The second-order valence-electron chi connectivity index (χ2n) is 5.22. The maximum Gasteiger partial charge on any atom is 0.416 e. The van der Waals surface area contributed by atoms with Gasteiger partial charge in [-0.2, -0.15) is 13.2 Å². The van der Waals surface area contributed by atoms with Gasteiger partial charge in [0.05, 0.1) is 18.0 Å². The number of carbonyl (C=O) groups is 1. The summed E-state index contributed by atoms with van der Waals surface area (Å²) in [5.41, 5.74) is 0.509. The van der Waals surface area contributed by atoms with Gasteiger partial charge in [-0.15, -0.1) is 0 Å². The fraction of sp³-hybridized carbons (Fsp3) is 0.235. The predicted molar refractivity (Wildman–Crippen MR) is 85.8 cm³/mol. The molecule has 0 radical (unpaired) electrons. The molecule has 122 valence electrons. The summed E-state index contributed by atoms with van der Waals surface area (Å²) in [6.07, 6.45) is -4.50. The van der Waals surface area contributed by atoms with Crippen molar-refractivity contribution in [3.05, 3.63) is 69.7 Å². The Morgan fingerprint density at radius 2 is 1.83 bits per heavy atom. The molecule has 2 aromatic carbocycles. The Hall–Kier alpha value is -1.82. The van der Waals surface area contributed by atoms with Gasteiger partial charge in [-0.3, -0.25) is 4.79 Å². The smallest absolute Gasteiger partial charge is 0.349 e. The Balaban J connectivity index is 2.01. The van der Waals surface area contributed by atoms with Gasteiger partial charge in [0.15, 0.2) is 0 Å². The molecule has 0 saturated heterocycles. The molecule has 0 saturated carbocycles. The molecule has 1 amide bonds. The van der Waals surface area contributed by atoms with Gasteiger partial charge in [0.2, 0.25) is 5.91 Å². The van der Waals surface area contributed by atoms with Crippen molar-refractivity contribution in [1.82, 2.24) is 5.32 Å². The highest BCUT2D eigenvalue weighted by Gasteiger charge is 2.30. The van der Waals surface area contributed by atoms with Gasteiger partial charge in [-0.05, 0) is 36.2 Å². The van der Waals surface area contributed by atoms with Crippen LogP contribution in [0.5, 0.6) is 0 Å². The normalized spacial score (nSPS) is 12.7. The summed E-state index contributed by atoms with van der Waals surface area (Å²) in [4.78, 5) is 12.0. The van der Waals surface area contributed by atoms with E-state index in [1.807, 2.05) is 31.2 Å². The van der Waals surface area contributed by atoms with Gasteiger partial charge < -0.3 is 5.32 Å². The van der Waals surface area contributed by atoms with Gasteiger partial charge in [0.1, 0.15) is 0 Å². The minimum Gasteiger partial charge on any atom is -0.349 e. The Bertz CT molecular complexity index is 683. The Labute approximate surface area is 140 Å². The van der Waals surface area contributed by atoms with E-state index in [2.05, 4.69) is 21.2 Å². The lowest BCUT2D eigenvalue weighted by molar-refractivity contribution is -0.137. The summed E-state index contributed by atoms with van der Waals surface area (Å²) >= 11 is 3.33. The first-order chi connectivity index (χ1) is 10.8. The number of benzene rings is 2. The first-order valence-electron chi connectivity index (χ1n) is 6.96. The molecule has 0 unspecified atom stereocenters. The summed E-state index contributed by atoms with van der Waals surface area (Å²) in [6.45, 7) is 1.83. The molecule has 6 heteroatoms. The summed E-state index contributed by atoms with van der Waals surface area (Å²) in [5.74, 6) is -0.320. The second kappa shape index (κ2) is 7.17. The first kappa shape index (κ1) is 17.5. The zero-order valence-electron chi connectivity index (χ0n) is 12.3. The first-order valence-corrected chi connectivity index (χ1v) is 7.76. The van der Waals surface area contributed by atoms with Crippen LogP contribution in [0.25, 0.3) is 0 Å². The third-order valence-electron chi connectivity index (χ3n) is 3.37. The van der Waals surface area contributed by atoms with E-state index in [-0.39, 0.29) is 18.4 Å². The van der Waals surface area contributed by atoms with E-state index in [0.29, 0.717) is 5.56 Å². The van der Waals surface area contributed by atoms with E-state index < -0.39 is 11.7 Å². The van der Waals surface area contributed by atoms with Crippen molar-refractivity contribution in [2.24, 2.45) is 0 Å². The van der Waals surface area contributed by atoms with Gasteiger partial charge in [0, 0.05) is 4.47 Å². The molecule has 1 N–H and O–H groups in total. The third-order valence-corrected chi connectivity index (χ3v) is 3.90. The van der Waals surface area contributed by atoms with Gasteiger partial charge in [0.25, 0.3) is 0 Å². The lowest BCUT2D eigenvalue weighted by atomic mass is 10.1. The van der Waals surface area contributed by atoms with Crippen molar-refractivity contribution >= 4 is 21.8 Å². The molecule has 2 aromatic rings. The standard InChI is InChI=1S/C17H15BrF3NO/c1-11(13-5-7-15(18)8-6-13)22-16(23)10-12-3-2-4-14(9-12)17(19,20)21/h2-9,11H,10H2,1H3,(H,22,23)/t11-/m0/s1. The van der Waals surface area contributed by atoms with Crippen LogP contribution in [-0.2, 0) is 17.4 Å². The predicted octanol–water partition coefficient (Wildman–Crippen LogP) is 4.89. The van der Waals surface area contributed by atoms with E-state index in [9.17, 15) is 18.0 Å². The highest BCUT2D eigenvalue weighted by Crippen LogP contribution is 2.29. The van der Waals surface area contributed by atoms with Crippen LogP contribution in [0.4, 0.5) is 13.2 Å². The summed E-state index contributed by atoms with van der Waals surface area (Å²) in [5, 5.41) is 2.79. The van der Waals surface area contributed by atoms with Gasteiger partial charge >= 0.3 is 6.18 Å². The molecule has 0 aliphatic rings. The number of carbonyl (C=O) groups excluding carboxylic acids is 1. The zero-order valence-corrected chi connectivity index (χ0v) is 13.9. The van der Waals surface area contributed by atoms with Crippen LogP contribution in [-0.4, -0.2) is 5.91 Å². The number of hydrogen-bond acceptors (Lipinski definition) is 1. The Morgan fingerprint density at radius 1 is 1.17 bits per heavy atom. The molecule has 0 fully saturated rings. The lowest BCUT2D eigenvalue weighted by Crippen LogP contribution is -2.28. The van der Waals surface area contributed by atoms with Crippen LogP contribution in [0.2, 0.25) is 0 Å². The highest BCUT2D eigenvalue weighted by molar-refractivity contribution is 9.10. The molecular formula is C17H15BrF3NO. The fourth-order valence-corrected chi connectivity index (χ4v) is 2.43. The quantitative estimate of drug-likeness (QED) is 0.797. The summed E-state index contributed by atoms with van der Waals surface area (Å²) in [6, 6.07) is 12.1. The molecule has 0 bridgehead atoms. The Morgan fingerprint density at radius 3 is 2.43 bits per heavy atom. The SMILES string of the molecule is C[C@H](NC(=O)Cc1cccc(C(F)(F)F)c1)c1ccc(Br)cc1. The van der Waals surface area contributed by atoms with E-state index in [1.54, 1.807) is 0 Å². The van der Waals surface area contributed by atoms with Crippen LogP contribution in [0, 0.1) is 0 Å². The summed E-state index contributed by atoms with van der Waals surface area (Å²) < 4.78 is 38.9. The second-order valence-corrected chi connectivity index (χ2v) is 6.13. The average molecular weight is 386 g/mol. The highest BCUT2D eigenvalue weighted by atomic mass is 79.9. The number of alkyl halides is 3. The van der Waals surface area contributed by atoms with Crippen LogP contribution in [0.3, 0.4) is 0 Å². The molecule has 0 spiro atoms. The lowest BCUT2D eigenvalue weighted by Gasteiger charge is -2.15. The van der Waals surface area contributed by atoms with Crippen LogP contribution in [0.1, 0.15) is 29.7 Å². The maximum absolute atomic E-state index is 12.7. The number of hydrogen-bond donors (Lipinski definition) is 1. The minimum absolute atomic E-state index is 0.0925. The van der Waals surface area contributed by atoms with E-state index in [0.717, 1.165) is 22.2 Å². The van der Waals surface area contributed by atoms with Crippen molar-refractivity contribution in [2.45, 2.75) is 25.6 Å². The number of nitrogens with one attached hydrogen (secondary N) is 1. The van der Waals surface area contributed by atoms with Crippen LogP contribution >= 0.6 is 15.9 Å². The molecule has 23 heavy (non-hydrogen) atoms. The fourth-order valence-electron chi connectivity index (χ4n) is 2.17. The van der Waals surface area contributed by atoms with Crippen molar-refractivity contribution in [3.8, 4) is 0 Å². The van der Waals surface area contributed by atoms with Crippen LogP contribution in [0.15, 0.2) is 53.0 Å². The van der Waals surface area contributed by atoms with Crippen molar-refractivity contribution in [2.75, 3.05) is 0 Å². The maximum atomic E-state index is 12.7. The van der Waals surface area contributed by atoms with E-state index in [1.165, 1.54) is 12.1 Å². The van der Waals surface area contributed by atoms with Gasteiger partial charge in [-0.25, -0.2) is 0 Å². The molecule has 0 heterocycles. The van der Waals surface area contributed by atoms with E-state index >= 15 is 0 Å². The molecule has 2 rings (SSSR count). The minimum atomic E-state index is -4.41. The van der Waals surface area contributed by atoms with Gasteiger partial charge in [-0.1, -0.05) is 46.3 Å². The number of halogens is 4. The third kappa shape index (κ3) is 5.10. The zero-order chi connectivity index (χ0) is 17.0. The average Bonchev–Trinajstić information content (AvgIpc) is 2.47. The largest absolute Gasteiger partial charge is 0.416 e. The molecule has 0 aromatic heterocycles. The van der Waals surface area contributed by atoms with Crippen molar-refractivity contribution < 1.29 is 18.0 Å². The molecule has 1 atom stereocenters. The van der Waals surface area contributed by atoms with Crippen molar-refractivity contribution in [1.29, 1.82) is 0 Å². The summed E-state index contributed by atoms with van der Waals surface area (Å²) in [7, 11) is 0. The molecule has 0 aliphatic heterocycles. The van der Waals surface area contributed by atoms with Crippen LogP contribution < -0.4 is 5.32 Å². The van der Waals surface area contributed by atoms with Crippen molar-refractivity contribution in [3.63, 3.8) is 0 Å². The number of rotatable bonds is 4. The monoisotopic (exact) mass is 385 g/mol. The topological polar surface area (TPSA) is 29.1 Å². The number of amides is 1.